The first-order valence-electron chi connectivity index (χ1n) is 14.3. The summed E-state index contributed by atoms with van der Waals surface area (Å²) >= 11 is 3.44. The minimum absolute atomic E-state index is 0.374. The Balaban J connectivity index is 3.51. The van der Waals surface area contributed by atoms with Crippen LogP contribution >= 0.6 is 23.5 Å². The van der Waals surface area contributed by atoms with E-state index in [-0.39, 0.29) is 0 Å². The first-order chi connectivity index (χ1) is 16.6. The van der Waals surface area contributed by atoms with Gasteiger partial charge < -0.3 is 13.3 Å². The van der Waals surface area contributed by atoms with Crippen molar-refractivity contribution in [3.8, 4) is 0 Å². The van der Waals surface area contributed by atoms with Crippen LogP contribution in [-0.4, -0.2) is 51.0 Å². The van der Waals surface area contributed by atoms with Crippen LogP contribution in [0.15, 0.2) is 0 Å². The van der Waals surface area contributed by atoms with Crippen molar-refractivity contribution < 1.29 is 18.1 Å². The standard InChI is InChI=1S/C27H56O4S2Si/c1-5-9-10-11-12-13-14-15-16-17-18-19-20-22-27(28)33-25-24-32-23-21-26-34(29-6-2,30-7-3)31-8-4/h5-26H2,1-4H3. The normalized spacial score (nSPS) is 11.9. The summed E-state index contributed by atoms with van der Waals surface area (Å²) in [6.07, 6.45) is 19.3. The molecule has 0 radical (unpaired) electrons. The number of hydrogen-bond donors (Lipinski definition) is 0. The second-order valence-electron chi connectivity index (χ2n) is 8.91. The molecule has 204 valence electrons. The van der Waals surface area contributed by atoms with Gasteiger partial charge in [0.15, 0.2) is 5.12 Å². The molecule has 0 amide bonds. The molecule has 0 N–H and O–H groups in total. The van der Waals surface area contributed by atoms with Crippen molar-refractivity contribution in [1.29, 1.82) is 0 Å². The lowest BCUT2D eigenvalue weighted by molar-refractivity contribution is -0.111. The van der Waals surface area contributed by atoms with Gasteiger partial charge in [0.25, 0.3) is 0 Å². The first kappa shape index (κ1) is 34.5. The predicted molar refractivity (Wildman–Crippen MR) is 155 cm³/mol. The second kappa shape index (κ2) is 26.5. The smallest absolute Gasteiger partial charge is 0.374 e. The van der Waals surface area contributed by atoms with Gasteiger partial charge in [-0.25, -0.2) is 0 Å². The fourth-order valence-electron chi connectivity index (χ4n) is 4.07. The number of thioether (sulfide) groups is 2. The van der Waals surface area contributed by atoms with Gasteiger partial charge in [0.2, 0.25) is 0 Å². The molecule has 4 nitrogen and oxygen atoms in total. The van der Waals surface area contributed by atoms with Gasteiger partial charge in [-0.3, -0.25) is 4.79 Å². The Kier molecular flexibility index (Phi) is 26.9. The number of carbonyl (C=O) groups is 1. The highest BCUT2D eigenvalue weighted by molar-refractivity contribution is 8.14. The van der Waals surface area contributed by atoms with Crippen molar-refractivity contribution in [2.45, 2.75) is 130 Å². The van der Waals surface area contributed by atoms with Crippen molar-refractivity contribution >= 4 is 37.4 Å². The fraction of sp³-hybridized carbons (Fsp3) is 0.963. The predicted octanol–water partition coefficient (Wildman–Crippen LogP) is 8.90. The maximum absolute atomic E-state index is 12.1. The molecule has 0 saturated heterocycles. The molecule has 0 aliphatic rings. The summed E-state index contributed by atoms with van der Waals surface area (Å²) in [5, 5.41) is 0.374. The van der Waals surface area contributed by atoms with Crippen LogP contribution < -0.4 is 0 Å². The van der Waals surface area contributed by atoms with Crippen molar-refractivity contribution in [2.24, 2.45) is 0 Å². The van der Waals surface area contributed by atoms with E-state index < -0.39 is 8.80 Å². The maximum atomic E-state index is 12.1. The molecule has 0 heterocycles. The molecule has 0 aromatic heterocycles. The van der Waals surface area contributed by atoms with Crippen LogP contribution in [0.4, 0.5) is 0 Å². The molecule has 0 aromatic carbocycles. The quantitative estimate of drug-likeness (QED) is 0.0771. The Morgan fingerprint density at radius 2 is 1.06 bits per heavy atom. The highest BCUT2D eigenvalue weighted by Gasteiger charge is 2.39. The highest BCUT2D eigenvalue weighted by Crippen LogP contribution is 2.21. The minimum atomic E-state index is -2.49. The average molecular weight is 537 g/mol. The zero-order valence-electron chi connectivity index (χ0n) is 23.0. The van der Waals surface area contributed by atoms with E-state index in [9.17, 15) is 4.79 Å². The lowest BCUT2D eigenvalue weighted by Crippen LogP contribution is -2.46. The van der Waals surface area contributed by atoms with E-state index in [4.69, 9.17) is 13.3 Å². The first-order valence-corrected chi connectivity index (χ1v) is 18.4. The number of carbonyl (C=O) groups excluding carboxylic acids is 1. The van der Waals surface area contributed by atoms with Crippen LogP contribution in [-0.2, 0) is 18.1 Å². The monoisotopic (exact) mass is 536 g/mol. The molecule has 0 aliphatic carbocycles. The van der Waals surface area contributed by atoms with Gasteiger partial charge in [-0.1, -0.05) is 95.7 Å². The Morgan fingerprint density at radius 1 is 0.588 bits per heavy atom. The molecule has 0 aliphatic heterocycles. The molecule has 0 saturated carbocycles. The SMILES string of the molecule is CCCCCCCCCCCCCCCC(=O)SCCSCCC[Si](OCC)(OCC)OCC. The van der Waals surface area contributed by atoms with Crippen LogP contribution in [0.25, 0.3) is 0 Å². The summed E-state index contributed by atoms with van der Waals surface area (Å²) in [5.74, 6) is 3.02. The molecule has 7 heteroatoms. The molecule has 0 rings (SSSR count). The van der Waals surface area contributed by atoms with Crippen LogP contribution in [0, 0.1) is 0 Å². The topological polar surface area (TPSA) is 44.8 Å². The Bertz CT molecular complexity index is 424. The van der Waals surface area contributed by atoms with Crippen LogP contribution in [0.1, 0.15) is 124 Å². The zero-order chi connectivity index (χ0) is 25.2. The molecule has 0 spiro atoms. The minimum Gasteiger partial charge on any atom is -0.374 e. The van der Waals surface area contributed by atoms with Crippen LogP contribution in [0.3, 0.4) is 0 Å². The molecular weight excluding hydrogens is 481 g/mol. The third kappa shape index (κ3) is 21.7. The Morgan fingerprint density at radius 3 is 1.53 bits per heavy atom. The second-order valence-corrected chi connectivity index (χ2v) is 14.0. The summed E-state index contributed by atoms with van der Waals surface area (Å²) in [7, 11) is -2.49. The van der Waals surface area contributed by atoms with Crippen LogP contribution in [0.2, 0.25) is 6.04 Å². The molecule has 0 aromatic rings. The Hall–Kier alpha value is 0.467. The summed E-state index contributed by atoms with van der Waals surface area (Å²) in [6, 6.07) is 0.876. The molecule has 0 fully saturated rings. The third-order valence-corrected chi connectivity index (χ3v) is 11.3. The van der Waals surface area contributed by atoms with Gasteiger partial charge in [-0.15, -0.1) is 0 Å². The number of unbranched alkanes of at least 4 members (excludes halogenated alkanes) is 12. The summed E-state index contributed by atoms with van der Waals surface area (Å²) in [6.45, 7) is 10.2. The van der Waals surface area contributed by atoms with E-state index in [1.54, 1.807) is 0 Å². The van der Waals surface area contributed by atoms with Crippen molar-refractivity contribution in [3.63, 3.8) is 0 Å². The van der Waals surface area contributed by atoms with Gasteiger partial charge in [0.1, 0.15) is 0 Å². The number of rotatable bonds is 27. The van der Waals surface area contributed by atoms with E-state index in [1.807, 2.05) is 32.5 Å². The van der Waals surface area contributed by atoms with Crippen molar-refractivity contribution in [3.05, 3.63) is 0 Å². The summed E-state index contributed by atoms with van der Waals surface area (Å²) in [5.41, 5.74) is 0. The average Bonchev–Trinajstić information content (AvgIpc) is 2.82. The van der Waals surface area contributed by atoms with Crippen molar-refractivity contribution in [1.82, 2.24) is 0 Å². The summed E-state index contributed by atoms with van der Waals surface area (Å²) < 4.78 is 17.7. The van der Waals surface area contributed by atoms with Gasteiger partial charge in [-0.2, -0.15) is 11.8 Å². The van der Waals surface area contributed by atoms with Gasteiger partial charge in [-0.05, 0) is 39.4 Å². The van der Waals surface area contributed by atoms with Crippen LogP contribution in [0.5, 0.6) is 0 Å². The van der Waals surface area contributed by atoms with Gasteiger partial charge in [0, 0.05) is 43.8 Å². The molecule has 34 heavy (non-hydrogen) atoms. The zero-order valence-corrected chi connectivity index (χ0v) is 25.6. The van der Waals surface area contributed by atoms with E-state index in [0.29, 0.717) is 24.9 Å². The van der Waals surface area contributed by atoms with Crippen molar-refractivity contribution in [2.75, 3.05) is 37.1 Å². The molecule has 0 bridgehead atoms. The lowest BCUT2D eigenvalue weighted by Gasteiger charge is -2.28. The third-order valence-electron chi connectivity index (χ3n) is 5.84. The van der Waals surface area contributed by atoms with E-state index in [0.717, 1.165) is 42.6 Å². The van der Waals surface area contributed by atoms with Gasteiger partial charge in [0.05, 0.1) is 0 Å². The van der Waals surface area contributed by atoms with E-state index in [2.05, 4.69) is 6.92 Å². The Labute approximate surface area is 222 Å². The fourth-order valence-corrected chi connectivity index (χ4v) is 8.81. The maximum Gasteiger partial charge on any atom is 0.500 e. The van der Waals surface area contributed by atoms with E-state index >= 15 is 0 Å². The molecule has 0 unspecified atom stereocenters. The highest BCUT2D eigenvalue weighted by atomic mass is 32.2. The van der Waals surface area contributed by atoms with E-state index in [1.165, 1.54) is 88.8 Å². The summed E-state index contributed by atoms with van der Waals surface area (Å²) in [4.78, 5) is 12.1. The number of hydrogen-bond acceptors (Lipinski definition) is 6. The molecule has 0 atom stereocenters. The molecular formula is C27H56O4S2Si. The lowest BCUT2D eigenvalue weighted by atomic mass is 10.0. The van der Waals surface area contributed by atoms with Gasteiger partial charge >= 0.3 is 8.80 Å². The largest absolute Gasteiger partial charge is 0.500 e.